The van der Waals surface area contributed by atoms with E-state index < -0.39 is 41.8 Å². The van der Waals surface area contributed by atoms with E-state index in [9.17, 15) is 24.6 Å². The third-order valence-electron chi connectivity index (χ3n) is 5.20. The molecule has 1 fully saturated rings. The Morgan fingerprint density at radius 1 is 1.28 bits per heavy atom. The number of carboxylic acids is 1. The predicted molar refractivity (Wildman–Crippen MR) is 110 cm³/mol. The van der Waals surface area contributed by atoms with Crippen molar-refractivity contribution in [3.05, 3.63) is 11.7 Å². The molecule has 1 aromatic rings. The van der Waals surface area contributed by atoms with Crippen molar-refractivity contribution in [1.29, 1.82) is 0 Å². The summed E-state index contributed by atoms with van der Waals surface area (Å²) in [5, 5.41) is 39.4. The number of nitrogens with two attached hydrogens (primary N) is 1. The van der Waals surface area contributed by atoms with Gasteiger partial charge in [-0.1, -0.05) is 31.3 Å². The zero-order chi connectivity index (χ0) is 23.9. The highest BCUT2D eigenvalue weighted by atomic mass is 16.5. The molecule has 2 rings (SSSR count). The van der Waals surface area contributed by atoms with Crippen LogP contribution in [0.2, 0.25) is 0 Å². The first-order valence-electron chi connectivity index (χ1n) is 10.6. The first kappa shape index (κ1) is 25.5. The molecular weight excluding hydrogens is 424 g/mol. The first-order valence-corrected chi connectivity index (χ1v) is 10.6. The molecule has 1 saturated carbocycles. The number of rotatable bonds is 13. The van der Waals surface area contributed by atoms with Crippen molar-refractivity contribution in [2.45, 2.75) is 82.2 Å². The molecule has 180 valence electrons. The van der Waals surface area contributed by atoms with Crippen molar-refractivity contribution in [1.82, 2.24) is 26.1 Å². The number of hydrogen-bond acceptors (Lipinski definition) is 9. The van der Waals surface area contributed by atoms with Crippen molar-refractivity contribution in [2.24, 2.45) is 5.73 Å². The molecule has 0 radical (unpaired) electrons. The van der Waals surface area contributed by atoms with Crippen LogP contribution in [-0.2, 0) is 15.1 Å². The van der Waals surface area contributed by atoms with Crippen molar-refractivity contribution in [3.63, 3.8) is 0 Å². The molecule has 32 heavy (non-hydrogen) atoms. The smallest absolute Gasteiger partial charge is 0.328 e. The summed E-state index contributed by atoms with van der Waals surface area (Å²) >= 11 is 0. The zero-order valence-corrected chi connectivity index (χ0v) is 18.2. The number of carbonyl (C=O) groups is 3. The number of nitrogens with one attached hydrogen (secondary N) is 3. The van der Waals surface area contributed by atoms with Crippen LogP contribution in [-0.4, -0.2) is 68.2 Å². The first-order chi connectivity index (χ1) is 15.1. The molecule has 3 unspecified atom stereocenters. The molecule has 0 aliphatic heterocycles. The lowest BCUT2D eigenvalue weighted by Crippen LogP contribution is -2.52. The largest absolute Gasteiger partial charge is 0.480 e. The van der Waals surface area contributed by atoms with Crippen molar-refractivity contribution >= 4 is 17.9 Å². The van der Waals surface area contributed by atoms with Gasteiger partial charge in [-0.15, -0.1) is 0 Å². The molecule has 1 aliphatic rings. The van der Waals surface area contributed by atoms with Crippen LogP contribution in [0.1, 0.15) is 70.1 Å². The summed E-state index contributed by atoms with van der Waals surface area (Å²) in [6.45, 7) is 3.76. The lowest BCUT2D eigenvalue weighted by molar-refractivity contribution is -0.141. The van der Waals surface area contributed by atoms with Crippen LogP contribution < -0.4 is 21.7 Å². The van der Waals surface area contributed by atoms with Crippen LogP contribution in [0, 0.1) is 0 Å². The van der Waals surface area contributed by atoms with E-state index in [4.69, 9.17) is 15.4 Å². The number of nitrogens with zero attached hydrogens (tertiary/aromatic N) is 2. The zero-order valence-electron chi connectivity index (χ0n) is 18.2. The number of amides is 3. The molecule has 0 spiro atoms. The minimum Gasteiger partial charge on any atom is -0.480 e. The summed E-state index contributed by atoms with van der Waals surface area (Å²) in [6, 6.07) is -3.60. The van der Waals surface area contributed by atoms with Gasteiger partial charge in [0.25, 0.3) is 0 Å². The fourth-order valence-electron chi connectivity index (χ4n) is 3.03. The van der Waals surface area contributed by atoms with E-state index in [2.05, 4.69) is 33.0 Å². The van der Waals surface area contributed by atoms with Gasteiger partial charge in [-0.05, 0) is 13.3 Å². The maximum atomic E-state index is 12.4. The fourth-order valence-corrected chi connectivity index (χ4v) is 3.03. The predicted octanol–water partition coefficient (Wildman–Crippen LogP) is -0.751. The molecule has 1 heterocycles. The minimum atomic E-state index is -1.56. The number of carbonyl (C=O) groups excluding carboxylic acids is 2. The van der Waals surface area contributed by atoms with Gasteiger partial charge in [-0.3, -0.25) is 4.79 Å². The van der Waals surface area contributed by atoms with Gasteiger partial charge in [-0.25, -0.2) is 9.59 Å². The molecule has 0 bridgehead atoms. The van der Waals surface area contributed by atoms with E-state index in [1.54, 1.807) is 0 Å². The number of unbranched alkanes of at least 4 members (excludes halogenated alkanes) is 3. The number of aliphatic hydroxyl groups is 2. The summed E-state index contributed by atoms with van der Waals surface area (Å²) in [7, 11) is 0. The molecule has 0 saturated heterocycles. The van der Waals surface area contributed by atoms with Gasteiger partial charge in [0.15, 0.2) is 11.9 Å². The van der Waals surface area contributed by atoms with E-state index in [0.29, 0.717) is 6.54 Å². The van der Waals surface area contributed by atoms with Crippen LogP contribution >= 0.6 is 0 Å². The SMILES string of the molecule is CCCCCCNC(=O)C[C@H](NC(=O)N[C@H](C(=O)O)C(C)O)c1nc(C2(N)CC2O)no1. The number of aromatic nitrogens is 2. The lowest BCUT2D eigenvalue weighted by atomic mass is 10.1. The summed E-state index contributed by atoms with van der Waals surface area (Å²) in [5.74, 6) is -1.89. The Labute approximate surface area is 185 Å². The van der Waals surface area contributed by atoms with Crippen LogP contribution in [0.4, 0.5) is 4.79 Å². The average Bonchev–Trinajstić information content (AvgIpc) is 3.12. The van der Waals surface area contributed by atoms with Gasteiger partial charge in [0.1, 0.15) is 11.6 Å². The van der Waals surface area contributed by atoms with Gasteiger partial charge >= 0.3 is 12.0 Å². The summed E-state index contributed by atoms with van der Waals surface area (Å²) < 4.78 is 5.16. The third kappa shape index (κ3) is 6.87. The molecular formula is C19H32N6O7. The summed E-state index contributed by atoms with van der Waals surface area (Å²) in [5.41, 5.74) is 4.82. The van der Waals surface area contributed by atoms with Crippen LogP contribution in [0.15, 0.2) is 4.52 Å². The number of aliphatic carboxylic acids is 1. The van der Waals surface area contributed by atoms with Crippen molar-refractivity contribution in [2.75, 3.05) is 6.54 Å². The second kappa shape index (κ2) is 11.2. The highest BCUT2D eigenvalue weighted by Gasteiger charge is 2.55. The second-order valence-corrected chi connectivity index (χ2v) is 8.06. The Kier molecular flexibility index (Phi) is 8.92. The molecule has 5 atom stereocenters. The van der Waals surface area contributed by atoms with Gasteiger partial charge in [-0.2, -0.15) is 4.98 Å². The highest BCUT2D eigenvalue weighted by molar-refractivity contribution is 5.84. The Balaban J connectivity index is 2.06. The van der Waals surface area contributed by atoms with Crippen molar-refractivity contribution < 1.29 is 34.2 Å². The van der Waals surface area contributed by atoms with E-state index >= 15 is 0 Å². The van der Waals surface area contributed by atoms with Crippen LogP contribution in [0.25, 0.3) is 0 Å². The maximum absolute atomic E-state index is 12.4. The van der Waals surface area contributed by atoms with E-state index in [1.165, 1.54) is 6.92 Å². The van der Waals surface area contributed by atoms with E-state index in [-0.39, 0.29) is 30.5 Å². The second-order valence-electron chi connectivity index (χ2n) is 8.06. The standard InChI is InChI=1S/C19H32N6O7/c1-3-4-5-6-7-21-13(28)8-11(22-18(31)23-14(10(2)26)16(29)30)15-24-17(25-32-15)19(20)9-12(19)27/h10-12,14,26-27H,3-9,20H2,1-2H3,(H,21,28)(H,29,30)(H2,22,23,31)/t10?,11-,12?,14-,19?/m0/s1. The van der Waals surface area contributed by atoms with E-state index in [1.807, 2.05) is 0 Å². The monoisotopic (exact) mass is 456 g/mol. The average molecular weight is 457 g/mol. The van der Waals surface area contributed by atoms with Gasteiger partial charge < -0.3 is 41.5 Å². The van der Waals surface area contributed by atoms with Crippen LogP contribution in [0.3, 0.4) is 0 Å². The van der Waals surface area contributed by atoms with Gasteiger partial charge in [0.05, 0.1) is 18.6 Å². The Bertz CT molecular complexity index is 801. The molecule has 1 aliphatic carbocycles. The van der Waals surface area contributed by atoms with E-state index in [0.717, 1.165) is 25.7 Å². The van der Waals surface area contributed by atoms with Crippen LogP contribution in [0.5, 0.6) is 0 Å². The summed E-state index contributed by atoms with van der Waals surface area (Å²) in [6.07, 6.45) is 1.73. The fraction of sp³-hybridized carbons (Fsp3) is 0.737. The Hall–Kier alpha value is -2.77. The minimum absolute atomic E-state index is 0.0413. The Morgan fingerprint density at radius 3 is 2.53 bits per heavy atom. The third-order valence-corrected chi connectivity index (χ3v) is 5.20. The molecule has 0 aromatic carbocycles. The van der Waals surface area contributed by atoms with Gasteiger partial charge in [0, 0.05) is 13.0 Å². The number of hydrogen-bond donors (Lipinski definition) is 7. The maximum Gasteiger partial charge on any atom is 0.328 e. The highest BCUT2D eigenvalue weighted by Crippen LogP contribution is 2.41. The number of aliphatic hydroxyl groups excluding tert-OH is 2. The normalized spacial score (nSPS) is 22.5. The molecule has 13 heteroatoms. The molecule has 3 amide bonds. The van der Waals surface area contributed by atoms with Crippen molar-refractivity contribution in [3.8, 4) is 0 Å². The Morgan fingerprint density at radius 2 is 1.97 bits per heavy atom. The topological polar surface area (TPSA) is 213 Å². The van der Waals surface area contributed by atoms with Gasteiger partial charge in [0.2, 0.25) is 11.8 Å². The number of urea groups is 1. The molecule has 13 nitrogen and oxygen atoms in total. The molecule has 1 aromatic heterocycles. The number of carboxylic acid groups (broad SMARTS) is 1. The summed E-state index contributed by atoms with van der Waals surface area (Å²) in [4.78, 5) is 40.1. The quantitative estimate of drug-likeness (QED) is 0.184. The lowest BCUT2D eigenvalue weighted by Gasteiger charge is -2.20. The molecule has 8 N–H and O–H groups in total.